The fourth-order valence-corrected chi connectivity index (χ4v) is 1.60. The number of rotatable bonds is 7. The minimum atomic E-state index is -2.40. The van der Waals surface area contributed by atoms with Crippen molar-refractivity contribution in [3.8, 4) is 11.5 Å². The number of ether oxygens (including phenoxy) is 3. The summed E-state index contributed by atoms with van der Waals surface area (Å²) < 4.78 is 38.7. The Balaban J connectivity index is 1.65. The molecule has 0 saturated carbocycles. The van der Waals surface area contributed by atoms with Crippen molar-refractivity contribution in [1.82, 2.24) is 5.32 Å². The van der Waals surface area contributed by atoms with E-state index in [1.807, 2.05) is 18.2 Å². The Bertz CT molecular complexity index is 388. The zero-order valence-corrected chi connectivity index (χ0v) is 9.83. The van der Waals surface area contributed by atoms with Gasteiger partial charge in [0, 0.05) is 13.1 Å². The van der Waals surface area contributed by atoms with Crippen molar-refractivity contribution in [1.29, 1.82) is 0 Å². The summed E-state index contributed by atoms with van der Waals surface area (Å²) in [6.45, 7) is 1.18. The van der Waals surface area contributed by atoms with Crippen LogP contribution in [0.25, 0.3) is 0 Å². The van der Waals surface area contributed by atoms with E-state index in [4.69, 9.17) is 14.2 Å². The van der Waals surface area contributed by atoms with Gasteiger partial charge in [0.1, 0.15) is 6.61 Å². The quantitative estimate of drug-likeness (QED) is 0.758. The molecule has 0 aliphatic carbocycles. The first-order valence-electron chi connectivity index (χ1n) is 5.71. The summed E-state index contributed by atoms with van der Waals surface area (Å²) in [5.41, 5.74) is 1.05. The standard InChI is InChI=1S/C12H15F2NO3/c13-12(14)7-16-4-3-15-6-9-1-2-10-11(5-9)18-8-17-10/h1-2,5,12,15H,3-4,6-8H2. The van der Waals surface area contributed by atoms with E-state index >= 15 is 0 Å². The fraction of sp³-hybridized carbons (Fsp3) is 0.500. The molecule has 6 heteroatoms. The van der Waals surface area contributed by atoms with Crippen molar-refractivity contribution in [3.05, 3.63) is 23.8 Å². The fourth-order valence-electron chi connectivity index (χ4n) is 1.60. The van der Waals surface area contributed by atoms with E-state index in [-0.39, 0.29) is 13.4 Å². The van der Waals surface area contributed by atoms with Crippen LogP contribution >= 0.6 is 0 Å². The maximum atomic E-state index is 11.8. The molecule has 0 atom stereocenters. The van der Waals surface area contributed by atoms with E-state index in [9.17, 15) is 8.78 Å². The van der Waals surface area contributed by atoms with Crippen LogP contribution in [-0.4, -0.2) is 33.0 Å². The Labute approximate surface area is 104 Å². The molecule has 0 unspecified atom stereocenters. The monoisotopic (exact) mass is 259 g/mol. The number of hydrogen-bond acceptors (Lipinski definition) is 4. The van der Waals surface area contributed by atoms with E-state index in [2.05, 4.69) is 5.32 Å². The van der Waals surface area contributed by atoms with Gasteiger partial charge in [-0.1, -0.05) is 6.07 Å². The lowest BCUT2D eigenvalue weighted by Crippen LogP contribution is -2.20. The number of halogens is 2. The first kappa shape index (κ1) is 13.0. The predicted molar refractivity (Wildman–Crippen MR) is 61.1 cm³/mol. The van der Waals surface area contributed by atoms with Crippen molar-refractivity contribution in [2.45, 2.75) is 13.0 Å². The molecule has 0 fully saturated rings. The van der Waals surface area contributed by atoms with Crippen LogP contribution in [0.1, 0.15) is 5.56 Å². The van der Waals surface area contributed by atoms with Crippen LogP contribution in [0.3, 0.4) is 0 Å². The molecule has 1 heterocycles. The molecule has 100 valence electrons. The Hall–Kier alpha value is -1.40. The number of benzene rings is 1. The van der Waals surface area contributed by atoms with Crippen LogP contribution in [0.2, 0.25) is 0 Å². The minimum Gasteiger partial charge on any atom is -0.454 e. The van der Waals surface area contributed by atoms with Crippen LogP contribution in [0.4, 0.5) is 8.78 Å². The predicted octanol–water partition coefficient (Wildman–Crippen LogP) is 1.79. The molecule has 1 N–H and O–H groups in total. The molecule has 0 spiro atoms. The van der Waals surface area contributed by atoms with Gasteiger partial charge in [-0.3, -0.25) is 0 Å². The van der Waals surface area contributed by atoms with Crippen LogP contribution in [0, 0.1) is 0 Å². The van der Waals surface area contributed by atoms with Gasteiger partial charge in [-0.15, -0.1) is 0 Å². The molecule has 1 aromatic carbocycles. The second kappa shape index (κ2) is 6.51. The molecule has 1 aromatic rings. The molecule has 0 radical (unpaired) electrons. The summed E-state index contributed by atoms with van der Waals surface area (Å²) in [4.78, 5) is 0. The summed E-state index contributed by atoms with van der Waals surface area (Å²) in [7, 11) is 0. The Morgan fingerprint density at radius 3 is 2.94 bits per heavy atom. The van der Waals surface area contributed by atoms with Gasteiger partial charge in [-0.2, -0.15) is 0 Å². The third-order valence-electron chi connectivity index (χ3n) is 2.43. The third-order valence-corrected chi connectivity index (χ3v) is 2.43. The molecule has 0 saturated heterocycles. The minimum absolute atomic E-state index is 0.258. The van der Waals surface area contributed by atoms with Gasteiger partial charge >= 0.3 is 0 Å². The molecule has 1 aliphatic rings. The summed E-state index contributed by atoms with van der Waals surface area (Å²) >= 11 is 0. The first-order chi connectivity index (χ1) is 8.75. The van der Waals surface area contributed by atoms with Crippen molar-refractivity contribution in [2.24, 2.45) is 0 Å². The lowest BCUT2D eigenvalue weighted by Gasteiger charge is -2.06. The molecule has 0 bridgehead atoms. The molecule has 0 aromatic heterocycles. The molecular formula is C12H15F2NO3. The largest absolute Gasteiger partial charge is 0.454 e. The van der Waals surface area contributed by atoms with Gasteiger partial charge in [0.2, 0.25) is 6.79 Å². The van der Waals surface area contributed by atoms with Crippen molar-refractivity contribution < 1.29 is 23.0 Å². The van der Waals surface area contributed by atoms with Gasteiger partial charge in [0.25, 0.3) is 6.43 Å². The van der Waals surface area contributed by atoms with Crippen LogP contribution < -0.4 is 14.8 Å². The molecule has 18 heavy (non-hydrogen) atoms. The Kier molecular flexibility index (Phi) is 4.72. The summed E-state index contributed by atoms with van der Waals surface area (Å²) in [5.74, 6) is 1.49. The normalized spacial score (nSPS) is 13.3. The number of hydrogen-bond donors (Lipinski definition) is 1. The number of fused-ring (bicyclic) bond motifs is 1. The highest BCUT2D eigenvalue weighted by Gasteiger charge is 2.12. The zero-order chi connectivity index (χ0) is 12.8. The molecule has 2 rings (SSSR count). The Morgan fingerprint density at radius 2 is 2.11 bits per heavy atom. The highest BCUT2D eigenvalue weighted by molar-refractivity contribution is 5.44. The second-order valence-electron chi connectivity index (χ2n) is 3.83. The summed E-state index contributed by atoms with van der Waals surface area (Å²) in [6.07, 6.45) is -2.40. The Morgan fingerprint density at radius 1 is 1.28 bits per heavy atom. The number of alkyl halides is 2. The molecule has 0 amide bonds. The lowest BCUT2D eigenvalue weighted by atomic mass is 10.2. The second-order valence-corrected chi connectivity index (χ2v) is 3.83. The van der Waals surface area contributed by atoms with E-state index in [1.165, 1.54) is 0 Å². The highest BCUT2D eigenvalue weighted by Crippen LogP contribution is 2.32. The SMILES string of the molecule is FC(F)COCCNCc1ccc2c(c1)OCO2. The van der Waals surface area contributed by atoms with Gasteiger partial charge in [-0.25, -0.2) is 8.78 Å². The van der Waals surface area contributed by atoms with Gasteiger partial charge in [0.15, 0.2) is 11.5 Å². The van der Waals surface area contributed by atoms with Crippen LogP contribution in [0.5, 0.6) is 11.5 Å². The zero-order valence-electron chi connectivity index (χ0n) is 9.83. The average Bonchev–Trinajstić information content (AvgIpc) is 2.80. The highest BCUT2D eigenvalue weighted by atomic mass is 19.3. The van der Waals surface area contributed by atoms with Crippen molar-refractivity contribution in [2.75, 3.05) is 26.6 Å². The molecule has 4 nitrogen and oxygen atoms in total. The van der Waals surface area contributed by atoms with E-state index in [0.29, 0.717) is 13.1 Å². The maximum Gasteiger partial charge on any atom is 0.261 e. The van der Waals surface area contributed by atoms with E-state index < -0.39 is 13.0 Å². The number of nitrogens with one attached hydrogen (secondary N) is 1. The van der Waals surface area contributed by atoms with E-state index in [1.54, 1.807) is 0 Å². The smallest absolute Gasteiger partial charge is 0.261 e. The van der Waals surface area contributed by atoms with Crippen LogP contribution in [-0.2, 0) is 11.3 Å². The maximum absolute atomic E-state index is 11.8. The summed E-state index contributed by atoms with van der Waals surface area (Å²) in [5, 5.41) is 3.10. The average molecular weight is 259 g/mol. The van der Waals surface area contributed by atoms with Crippen molar-refractivity contribution in [3.63, 3.8) is 0 Å². The third kappa shape index (κ3) is 3.82. The van der Waals surface area contributed by atoms with E-state index in [0.717, 1.165) is 17.1 Å². The van der Waals surface area contributed by atoms with Gasteiger partial charge in [-0.05, 0) is 17.7 Å². The molecule has 1 aliphatic heterocycles. The van der Waals surface area contributed by atoms with Crippen molar-refractivity contribution >= 4 is 0 Å². The topological polar surface area (TPSA) is 39.7 Å². The lowest BCUT2D eigenvalue weighted by molar-refractivity contribution is 0.0187. The van der Waals surface area contributed by atoms with Crippen LogP contribution in [0.15, 0.2) is 18.2 Å². The van der Waals surface area contributed by atoms with Gasteiger partial charge < -0.3 is 19.5 Å². The van der Waals surface area contributed by atoms with Gasteiger partial charge in [0.05, 0.1) is 6.61 Å². The first-order valence-corrected chi connectivity index (χ1v) is 5.71. The summed E-state index contributed by atoms with van der Waals surface area (Å²) in [6, 6.07) is 5.68. The molecular weight excluding hydrogens is 244 g/mol.